The zero-order valence-corrected chi connectivity index (χ0v) is 7.09. The van der Waals surface area contributed by atoms with Crippen molar-refractivity contribution in [1.29, 1.82) is 0 Å². The Labute approximate surface area is 61.9 Å². The van der Waals surface area contributed by atoms with E-state index in [1.54, 1.807) is 13.8 Å². The predicted octanol–water partition coefficient (Wildman–Crippen LogP) is -0.373. The van der Waals surface area contributed by atoms with Gasteiger partial charge in [0.1, 0.15) is 0 Å². The van der Waals surface area contributed by atoms with Gasteiger partial charge in [-0.3, -0.25) is 4.79 Å². The van der Waals surface area contributed by atoms with E-state index in [0.29, 0.717) is 0 Å². The highest BCUT2D eigenvalue weighted by atomic mass is 32.2. The molecular weight excluding hydrogens is 154 g/mol. The number of nitrogens with zero attached hydrogens (tertiary/aromatic N) is 1. The van der Waals surface area contributed by atoms with Crippen LogP contribution in [-0.2, 0) is 15.7 Å². The molecule has 0 aliphatic heterocycles. The maximum Gasteiger partial charge on any atom is 0.238 e. The van der Waals surface area contributed by atoms with Gasteiger partial charge in [0.15, 0.2) is 0 Å². The summed E-state index contributed by atoms with van der Waals surface area (Å²) in [6.07, 6.45) is 0. The van der Waals surface area contributed by atoms with Crippen LogP contribution in [0, 0.1) is 5.92 Å². The smallest absolute Gasteiger partial charge is 0.238 e. The van der Waals surface area contributed by atoms with Gasteiger partial charge in [0, 0.05) is 13.0 Å². The Bertz CT molecular complexity index is 189. The molecule has 60 valence electrons. The topological polar surface area (TPSA) is 54.5 Å². The fourth-order valence-corrected chi connectivity index (χ4v) is 0.846. The average molecular weight is 165 g/mol. The van der Waals surface area contributed by atoms with E-state index >= 15 is 0 Å². The van der Waals surface area contributed by atoms with Crippen LogP contribution in [-0.4, -0.2) is 25.7 Å². The summed E-state index contributed by atoms with van der Waals surface area (Å²) in [6, 6.07) is 0. The molecule has 1 amide bonds. The van der Waals surface area contributed by atoms with Crippen molar-refractivity contribution < 1.29 is 13.2 Å². The van der Waals surface area contributed by atoms with Crippen molar-refractivity contribution in [3.05, 3.63) is 0 Å². The van der Waals surface area contributed by atoms with Crippen molar-refractivity contribution >= 4 is 16.8 Å². The molecule has 0 aromatic heterocycles. The van der Waals surface area contributed by atoms with Crippen LogP contribution in [0.1, 0.15) is 13.8 Å². The molecule has 0 aromatic carbocycles. The lowest BCUT2D eigenvalue weighted by Gasteiger charge is -2.10. The molecular formula is C5H11NO3S. The highest BCUT2D eigenvalue weighted by Crippen LogP contribution is 1.97. The Kier molecular flexibility index (Phi) is 3.35. The SMILES string of the molecule is CC(C)C(=O)N(C)[SH](=O)=O. The second-order valence-electron chi connectivity index (χ2n) is 2.25. The van der Waals surface area contributed by atoms with E-state index in [9.17, 15) is 13.2 Å². The molecule has 0 spiro atoms. The lowest BCUT2D eigenvalue weighted by Crippen LogP contribution is -2.28. The molecule has 0 radical (unpaired) electrons. The number of carbonyl (C=O) groups excluding carboxylic acids is 1. The monoisotopic (exact) mass is 165 g/mol. The van der Waals surface area contributed by atoms with E-state index in [1.807, 2.05) is 0 Å². The van der Waals surface area contributed by atoms with Gasteiger partial charge in [0.05, 0.1) is 0 Å². The minimum absolute atomic E-state index is 0.266. The highest BCUT2D eigenvalue weighted by Gasteiger charge is 2.13. The number of rotatable bonds is 2. The fraction of sp³-hybridized carbons (Fsp3) is 0.800. The summed E-state index contributed by atoms with van der Waals surface area (Å²) in [5.74, 6) is -0.644. The van der Waals surface area contributed by atoms with Gasteiger partial charge >= 0.3 is 0 Å². The predicted molar refractivity (Wildman–Crippen MR) is 37.9 cm³/mol. The molecule has 0 saturated carbocycles. The Morgan fingerprint density at radius 2 is 1.80 bits per heavy atom. The first kappa shape index (κ1) is 9.42. The minimum Gasteiger partial charge on any atom is -0.274 e. The first-order valence-electron chi connectivity index (χ1n) is 2.88. The van der Waals surface area contributed by atoms with Crippen LogP contribution >= 0.6 is 0 Å². The van der Waals surface area contributed by atoms with E-state index in [0.717, 1.165) is 4.31 Å². The largest absolute Gasteiger partial charge is 0.274 e. The first-order chi connectivity index (χ1) is 4.46. The summed E-state index contributed by atoms with van der Waals surface area (Å²) in [4.78, 5) is 10.8. The molecule has 10 heavy (non-hydrogen) atoms. The number of hydrogen-bond acceptors (Lipinski definition) is 3. The van der Waals surface area contributed by atoms with Crippen LogP contribution < -0.4 is 0 Å². The van der Waals surface area contributed by atoms with Crippen LogP contribution in [0.3, 0.4) is 0 Å². The third kappa shape index (κ3) is 2.34. The third-order valence-electron chi connectivity index (χ3n) is 1.06. The third-order valence-corrected chi connectivity index (χ3v) is 1.74. The molecule has 0 rings (SSSR count). The van der Waals surface area contributed by atoms with E-state index in [2.05, 4.69) is 0 Å². The summed E-state index contributed by atoms with van der Waals surface area (Å²) < 4.78 is 21.1. The molecule has 0 aliphatic carbocycles. The number of thiol groups is 1. The van der Waals surface area contributed by atoms with Gasteiger partial charge in [-0.2, -0.15) is 0 Å². The Balaban J connectivity index is 4.22. The van der Waals surface area contributed by atoms with Crippen molar-refractivity contribution in [3.8, 4) is 0 Å². The number of carbonyl (C=O) groups is 1. The van der Waals surface area contributed by atoms with Gasteiger partial charge in [-0.1, -0.05) is 13.8 Å². The summed E-state index contributed by atoms with van der Waals surface area (Å²) in [7, 11) is -1.51. The number of hydrogen-bond donors (Lipinski definition) is 1. The fourth-order valence-electron chi connectivity index (χ4n) is 0.454. The van der Waals surface area contributed by atoms with E-state index in [4.69, 9.17) is 0 Å². The second-order valence-corrected chi connectivity index (χ2v) is 3.33. The second kappa shape index (κ2) is 3.55. The Hall–Kier alpha value is -0.580. The van der Waals surface area contributed by atoms with Crippen LogP contribution in [0.5, 0.6) is 0 Å². The normalized spacial score (nSPS) is 10.5. The summed E-state index contributed by atoms with van der Waals surface area (Å²) in [6.45, 7) is 3.30. The first-order valence-corrected chi connectivity index (χ1v) is 4.01. The molecule has 0 saturated heterocycles. The van der Waals surface area contributed by atoms with Crippen molar-refractivity contribution in [2.45, 2.75) is 13.8 Å². The molecule has 4 nitrogen and oxygen atoms in total. The zero-order chi connectivity index (χ0) is 8.31. The molecule has 0 fully saturated rings. The molecule has 0 atom stereocenters. The summed E-state index contributed by atoms with van der Waals surface area (Å²) >= 11 is 0. The molecule has 0 heterocycles. The van der Waals surface area contributed by atoms with Gasteiger partial charge in [0.2, 0.25) is 16.8 Å². The molecule has 0 unspecified atom stereocenters. The Morgan fingerprint density at radius 1 is 1.40 bits per heavy atom. The lowest BCUT2D eigenvalue weighted by atomic mass is 10.2. The molecule has 0 N–H and O–H groups in total. The quantitative estimate of drug-likeness (QED) is 0.568. The van der Waals surface area contributed by atoms with Crippen LogP contribution in [0.25, 0.3) is 0 Å². The van der Waals surface area contributed by atoms with Gasteiger partial charge in [0.25, 0.3) is 0 Å². The maximum atomic E-state index is 10.8. The molecule has 5 heteroatoms. The molecule has 0 bridgehead atoms. The van der Waals surface area contributed by atoms with Crippen molar-refractivity contribution in [1.82, 2.24) is 4.31 Å². The lowest BCUT2D eigenvalue weighted by molar-refractivity contribution is -0.128. The average Bonchev–Trinajstić information content (AvgIpc) is 1.84. The molecule has 0 aromatic rings. The van der Waals surface area contributed by atoms with Crippen molar-refractivity contribution in [2.75, 3.05) is 7.05 Å². The summed E-state index contributed by atoms with van der Waals surface area (Å²) in [5.41, 5.74) is 0. The van der Waals surface area contributed by atoms with Crippen LogP contribution in [0.4, 0.5) is 0 Å². The van der Waals surface area contributed by atoms with Crippen molar-refractivity contribution in [3.63, 3.8) is 0 Å². The summed E-state index contributed by atoms with van der Waals surface area (Å²) in [5, 5.41) is 0. The highest BCUT2D eigenvalue weighted by molar-refractivity contribution is 7.70. The van der Waals surface area contributed by atoms with Gasteiger partial charge in [-0.25, -0.2) is 12.7 Å². The van der Waals surface area contributed by atoms with Crippen LogP contribution in [0.2, 0.25) is 0 Å². The van der Waals surface area contributed by atoms with Gasteiger partial charge < -0.3 is 0 Å². The van der Waals surface area contributed by atoms with E-state index in [1.165, 1.54) is 7.05 Å². The van der Waals surface area contributed by atoms with Gasteiger partial charge in [-0.15, -0.1) is 0 Å². The van der Waals surface area contributed by atoms with Crippen LogP contribution in [0.15, 0.2) is 0 Å². The van der Waals surface area contributed by atoms with E-state index in [-0.39, 0.29) is 11.8 Å². The number of amides is 1. The van der Waals surface area contributed by atoms with Gasteiger partial charge in [-0.05, 0) is 0 Å². The standard InChI is InChI=1S/C5H11NO3S/c1-4(2)5(7)6(3)10(8)9/h4,10H,1-3H3. The molecule has 0 aliphatic rings. The minimum atomic E-state index is -2.75. The van der Waals surface area contributed by atoms with E-state index < -0.39 is 10.9 Å². The Morgan fingerprint density at radius 3 is 1.90 bits per heavy atom. The van der Waals surface area contributed by atoms with Crippen molar-refractivity contribution in [2.24, 2.45) is 5.92 Å². The zero-order valence-electron chi connectivity index (χ0n) is 6.20. The maximum absolute atomic E-state index is 10.8.